The van der Waals surface area contributed by atoms with Crippen molar-refractivity contribution < 1.29 is 23.8 Å². The number of nitrogens with zero attached hydrogens (tertiary/aromatic N) is 3. The predicted octanol–water partition coefficient (Wildman–Crippen LogP) is 3.84. The standard InChI is InChI=1S/C24H28IN3O5/c1-26(2)9-5-10-27(24(29)17-13-22(30-3)23(31-4)14-19(17)25)20-8-11-28-21-7-6-16(12-18(20)21)32-15-33-28/h6-8,12-14H,5,9-11,15H2,1-4H3. The van der Waals surface area contributed by atoms with Crippen molar-refractivity contribution in [3.05, 3.63) is 51.1 Å². The average Bonchev–Trinajstić information content (AvgIpc) is 2.79. The summed E-state index contributed by atoms with van der Waals surface area (Å²) < 4.78 is 17.3. The molecule has 3 heterocycles. The monoisotopic (exact) mass is 565 g/mol. The van der Waals surface area contributed by atoms with Gasteiger partial charge in [-0.1, -0.05) is 0 Å². The van der Waals surface area contributed by atoms with E-state index in [4.69, 9.17) is 19.0 Å². The number of hydrogen-bond donors (Lipinski definition) is 0. The van der Waals surface area contributed by atoms with Crippen LogP contribution in [0.2, 0.25) is 0 Å². The summed E-state index contributed by atoms with van der Waals surface area (Å²) in [6.07, 6.45) is 2.87. The average molecular weight is 565 g/mol. The third-order valence-electron chi connectivity index (χ3n) is 5.62. The molecule has 33 heavy (non-hydrogen) atoms. The first kappa shape index (κ1) is 23.7. The fourth-order valence-corrected chi connectivity index (χ4v) is 4.65. The smallest absolute Gasteiger partial charge is 0.259 e. The lowest BCUT2D eigenvalue weighted by Gasteiger charge is -2.36. The summed E-state index contributed by atoms with van der Waals surface area (Å²) in [5.41, 5.74) is 3.25. The maximum atomic E-state index is 14.0. The molecule has 9 heteroatoms. The molecule has 0 radical (unpaired) electrons. The maximum absolute atomic E-state index is 14.0. The number of carbonyl (C=O) groups excluding carboxylic acids is 1. The summed E-state index contributed by atoms with van der Waals surface area (Å²) >= 11 is 2.17. The highest BCUT2D eigenvalue weighted by atomic mass is 127. The second kappa shape index (κ2) is 10.2. The second-order valence-electron chi connectivity index (χ2n) is 8.02. The lowest BCUT2D eigenvalue weighted by molar-refractivity contribution is -0.000739. The van der Waals surface area contributed by atoms with Gasteiger partial charge < -0.3 is 24.0 Å². The van der Waals surface area contributed by atoms with Gasteiger partial charge in [0.1, 0.15) is 5.75 Å². The van der Waals surface area contributed by atoms with Crippen LogP contribution in [0.25, 0.3) is 5.70 Å². The highest BCUT2D eigenvalue weighted by molar-refractivity contribution is 14.1. The summed E-state index contributed by atoms with van der Waals surface area (Å²) in [6, 6.07) is 9.45. The molecule has 176 valence electrons. The van der Waals surface area contributed by atoms with Gasteiger partial charge in [0.25, 0.3) is 5.91 Å². The fraction of sp³-hybridized carbons (Fsp3) is 0.375. The molecule has 5 rings (SSSR count). The fourth-order valence-electron chi connectivity index (χ4n) is 3.98. The summed E-state index contributed by atoms with van der Waals surface area (Å²) in [4.78, 5) is 23.7. The van der Waals surface area contributed by atoms with E-state index in [2.05, 4.69) is 27.5 Å². The number of carbonyl (C=O) groups is 1. The Kier molecular flexibility index (Phi) is 7.30. The van der Waals surface area contributed by atoms with Crippen molar-refractivity contribution in [2.24, 2.45) is 0 Å². The summed E-state index contributed by atoms with van der Waals surface area (Å²) in [6.45, 7) is 2.11. The molecule has 0 saturated heterocycles. The lowest BCUT2D eigenvalue weighted by Crippen LogP contribution is -2.37. The number of halogens is 1. The van der Waals surface area contributed by atoms with Crippen LogP contribution in [0.1, 0.15) is 22.3 Å². The predicted molar refractivity (Wildman–Crippen MR) is 135 cm³/mol. The Labute approximate surface area is 207 Å². The Morgan fingerprint density at radius 1 is 1.12 bits per heavy atom. The Morgan fingerprint density at radius 2 is 1.88 bits per heavy atom. The molecule has 0 unspecified atom stereocenters. The molecule has 4 bridgehead atoms. The lowest BCUT2D eigenvalue weighted by atomic mass is 10.0. The molecule has 2 aromatic rings. The summed E-state index contributed by atoms with van der Waals surface area (Å²) in [5, 5.41) is 1.80. The molecule has 3 aliphatic rings. The van der Waals surface area contributed by atoms with E-state index in [1.807, 2.05) is 49.3 Å². The molecule has 0 aromatic heterocycles. The minimum atomic E-state index is -0.0888. The maximum Gasteiger partial charge on any atom is 0.259 e. The van der Waals surface area contributed by atoms with Gasteiger partial charge in [0.15, 0.2) is 11.5 Å². The molecule has 1 amide bonds. The van der Waals surface area contributed by atoms with Crippen LogP contribution in [0, 0.1) is 3.57 Å². The minimum Gasteiger partial charge on any atom is -0.493 e. The molecule has 0 N–H and O–H groups in total. The van der Waals surface area contributed by atoms with Crippen molar-refractivity contribution in [1.82, 2.24) is 9.80 Å². The van der Waals surface area contributed by atoms with Crippen molar-refractivity contribution in [2.45, 2.75) is 6.42 Å². The molecular formula is C24H28IN3O5. The first-order valence-corrected chi connectivity index (χ1v) is 11.8. The van der Waals surface area contributed by atoms with Crippen LogP contribution in [-0.2, 0) is 4.84 Å². The number of benzene rings is 2. The molecule has 0 atom stereocenters. The molecule has 0 aliphatic carbocycles. The van der Waals surface area contributed by atoms with Gasteiger partial charge in [-0.25, -0.2) is 9.90 Å². The highest BCUT2D eigenvalue weighted by Gasteiger charge is 2.30. The van der Waals surface area contributed by atoms with Crippen molar-refractivity contribution in [2.75, 3.05) is 59.8 Å². The first-order chi connectivity index (χ1) is 15.9. The van der Waals surface area contributed by atoms with E-state index in [9.17, 15) is 4.79 Å². The van der Waals surface area contributed by atoms with E-state index in [0.717, 1.165) is 33.5 Å². The van der Waals surface area contributed by atoms with E-state index in [0.29, 0.717) is 35.9 Å². The number of anilines is 1. The van der Waals surface area contributed by atoms with Gasteiger partial charge in [-0.2, -0.15) is 0 Å². The quantitative estimate of drug-likeness (QED) is 0.451. The Morgan fingerprint density at radius 3 is 2.61 bits per heavy atom. The third-order valence-corrected chi connectivity index (χ3v) is 6.52. The van der Waals surface area contributed by atoms with E-state index >= 15 is 0 Å². The van der Waals surface area contributed by atoms with Gasteiger partial charge in [-0.05, 0) is 86.1 Å². The Hall–Kier alpha value is -2.50. The van der Waals surface area contributed by atoms with Crippen LogP contribution in [0.3, 0.4) is 0 Å². The highest BCUT2D eigenvalue weighted by Crippen LogP contribution is 2.39. The topological polar surface area (TPSA) is 63.7 Å². The van der Waals surface area contributed by atoms with Gasteiger partial charge in [0.05, 0.1) is 37.7 Å². The van der Waals surface area contributed by atoms with Gasteiger partial charge in [0, 0.05) is 15.7 Å². The summed E-state index contributed by atoms with van der Waals surface area (Å²) in [5.74, 6) is 1.74. The number of rotatable bonds is 8. The molecular weight excluding hydrogens is 537 g/mol. The zero-order valence-corrected chi connectivity index (χ0v) is 21.4. The van der Waals surface area contributed by atoms with Crippen LogP contribution >= 0.6 is 22.6 Å². The Balaban J connectivity index is 1.75. The van der Waals surface area contributed by atoms with Crippen molar-refractivity contribution in [3.8, 4) is 17.2 Å². The number of hydroxylamine groups is 1. The van der Waals surface area contributed by atoms with Crippen LogP contribution in [0.15, 0.2) is 36.4 Å². The van der Waals surface area contributed by atoms with Crippen LogP contribution < -0.4 is 19.3 Å². The normalized spacial score (nSPS) is 14.4. The number of hydrogen-bond acceptors (Lipinski definition) is 7. The van der Waals surface area contributed by atoms with Crippen molar-refractivity contribution in [1.29, 1.82) is 0 Å². The van der Waals surface area contributed by atoms with Crippen molar-refractivity contribution >= 4 is 39.9 Å². The van der Waals surface area contributed by atoms with Gasteiger partial charge in [0.2, 0.25) is 6.79 Å². The Bertz CT molecular complexity index is 1070. The van der Waals surface area contributed by atoms with E-state index in [1.165, 1.54) is 0 Å². The zero-order chi connectivity index (χ0) is 23.5. The number of amides is 1. The van der Waals surface area contributed by atoms with Crippen molar-refractivity contribution in [3.63, 3.8) is 0 Å². The molecule has 2 aromatic carbocycles. The third kappa shape index (κ3) is 4.90. The second-order valence-corrected chi connectivity index (χ2v) is 9.18. The molecule has 0 fully saturated rings. The van der Waals surface area contributed by atoms with Gasteiger partial charge >= 0.3 is 0 Å². The minimum absolute atomic E-state index is 0.0888. The van der Waals surface area contributed by atoms with Crippen LogP contribution in [0.4, 0.5) is 5.69 Å². The molecule has 8 nitrogen and oxygen atoms in total. The molecule has 3 aliphatic heterocycles. The summed E-state index contributed by atoms with van der Waals surface area (Å²) in [7, 11) is 7.22. The van der Waals surface area contributed by atoms with Crippen LogP contribution in [0.5, 0.6) is 17.2 Å². The SMILES string of the molecule is COc1cc(I)c(C(=O)N(CCCN(C)C)C2=CCN3OCOc4ccc3c2c4)cc1OC. The van der Waals surface area contributed by atoms with Crippen LogP contribution in [-0.4, -0.2) is 70.4 Å². The van der Waals surface area contributed by atoms with E-state index < -0.39 is 0 Å². The van der Waals surface area contributed by atoms with Gasteiger partial charge in [-0.15, -0.1) is 0 Å². The number of fused-ring (bicyclic) bond motifs is 3. The van der Waals surface area contributed by atoms with E-state index in [-0.39, 0.29) is 12.7 Å². The number of methoxy groups -OCH3 is 2. The first-order valence-electron chi connectivity index (χ1n) is 10.7. The number of ether oxygens (including phenoxy) is 3. The zero-order valence-electron chi connectivity index (χ0n) is 19.3. The van der Waals surface area contributed by atoms with Gasteiger partial charge in [-0.3, -0.25) is 4.79 Å². The largest absolute Gasteiger partial charge is 0.493 e. The molecule has 0 spiro atoms. The van der Waals surface area contributed by atoms with E-state index in [1.54, 1.807) is 25.3 Å². The molecule has 0 saturated carbocycles.